The summed E-state index contributed by atoms with van der Waals surface area (Å²) in [7, 11) is 1.84. The fourth-order valence-electron chi connectivity index (χ4n) is 1.73. The second-order valence-corrected chi connectivity index (χ2v) is 5.12. The Hall–Kier alpha value is -1.89. The first kappa shape index (κ1) is 13.5. The van der Waals surface area contributed by atoms with Crippen LogP contribution in [0.5, 0.6) is 0 Å². The minimum atomic E-state index is -0.994. The van der Waals surface area contributed by atoms with Gasteiger partial charge >= 0.3 is 5.97 Å². The molecule has 0 fully saturated rings. The van der Waals surface area contributed by atoms with Gasteiger partial charge in [-0.25, -0.2) is 14.8 Å². The van der Waals surface area contributed by atoms with Gasteiger partial charge in [0.05, 0.1) is 11.9 Å². The van der Waals surface area contributed by atoms with E-state index >= 15 is 0 Å². The Bertz CT molecular complexity index is 624. The van der Waals surface area contributed by atoms with Crippen LogP contribution in [0.1, 0.15) is 27.4 Å². The van der Waals surface area contributed by atoms with Gasteiger partial charge in [-0.2, -0.15) is 5.10 Å². The van der Waals surface area contributed by atoms with Gasteiger partial charge in [0.15, 0.2) is 0 Å². The van der Waals surface area contributed by atoms with Crippen molar-refractivity contribution in [3.63, 3.8) is 0 Å². The highest BCUT2D eigenvalue weighted by Gasteiger charge is 2.17. The number of aromatic nitrogens is 4. The number of carbonyl (C=O) groups is 1. The maximum Gasteiger partial charge on any atom is 0.340 e. The van der Waals surface area contributed by atoms with Crippen molar-refractivity contribution in [2.24, 2.45) is 7.05 Å². The van der Waals surface area contributed by atoms with E-state index in [1.807, 2.05) is 13.2 Å². The topological polar surface area (TPSA) is 80.9 Å². The zero-order valence-corrected chi connectivity index (χ0v) is 11.7. The average molecular weight is 278 g/mol. The van der Waals surface area contributed by atoms with Gasteiger partial charge in [-0.1, -0.05) is 0 Å². The molecule has 2 aromatic heterocycles. The molecule has 2 rings (SSSR count). The van der Waals surface area contributed by atoms with Crippen molar-refractivity contribution in [1.29, 1.82) is 0 Å². The first-order chi connectivity index (χ1) is 8.97. The summed E-state index contributed by atoms with van der Waals surface area (Å²) in [6.07, 6.45) is 3.66. The molecule has 0 amide bonds. The lowest BCUT2D eigenvalue weighted by atomic mass is 10.2. The second kappa shape index (κ2) is 5.40. The number of carboxylic acids is 1. The van der Waals surface area contributed by atoms with Crippen molar-refractivity contribution in [3.05, 3.63) is 35.0 Å². The van der Waals surface area contributed by atoms with E-state index in [0.29, 0.717) is 22.3 Å². The molecule has 0 spiro atoms. The van der Waals surface area contributed by atoms with Gasteiger partial charge in [0.2, 0.25) is 0 Å². The summed E-state index contributed by atoms with van der Waals surface area (Å²) in [5, 5.41) is 13.8. The smallest absolute Gasteiger partial charge is 0.340 e. The molecule has 1 N–H and O–H groups in total. The molecule has 2 heterocycles. The summed E-state index contributed by atoms with van der Waals surface area (Å²) < 4.78 is 1.71. The molecule has 0 saturated carbocycles. The fourth-order valence-corrected chi connectivity index (χ4v) is 2.76. The first-order valence-corrected chi connectivity index (χ1v) is 6.65. The van der Waals surface area contributed by atoms with Crippen LogP contribution < -0.4 is 0 Å². The molecule has 7 heteroatoms. The highest BCUT2D eigenvalue weighted by molar-refractivity contribution is 7.98. The molecule has 0 aliphatic heterocycles. The van der Waals surface area contributed by atoms with Gasteiger partial charge in [0.1, 0.15) is 16.4 Å². The zero-order valence-electron chi connectivity index (χ0n) is 10.9. The van der Waals surface area contributed by atoms with Crippen LogP contribution in [-0.4, -0.2) is 30.8 Å². The molecule has 0 saturated heterocycles. The van der Waals surface area contributed by atoms with E-state index in [2.05, 4.69) is 15.1 Å². The number of rotatable bonds is 4. The average Bonchev–Trinajstić information content (AvgIpc) is 2.71. The predicted molar refractivity (Wildman–Crippen MR) is 71.2 cm³/mol. The Labute approximate surface area is 114 Å². The quantitative estimate of drug-likeness (QED) is 0.678. The third kappa shape index (κ3) is 3.11. The Balaban J connectivity index is 2.26. The third-order valence-corrected chi connectivity index (χ3v) is 3.56. The van der Waals surface area contributed by atoms with Crippen LogP contribution in [0.3, 0.4) is 0 Å². The third-order valence-electron chi connectivity index (χ3n) is 2.52. The first-order valence-electron chi connectivity index (χ1n) is 5.66. The number of hydrogen-bond donors (Lipinski definition) is 1. The van der Waals surface area contributed by atoms with Crippen LogP contribution in [0.2, 0.25) is 0 Å². The van der Waals surface area contributed by atoms with Gasteiger partial charge in [-0.05, 0) is 13.8 Å². The molecule has 0 unspecified atom stereocenters. The zero-order chi connectivity index (χ0) is 14.0. The molecule has 0 aromatic carbocycles. The maximum atomic E-state index is 11.3. The van der Waals surface area contributed by atoms with E-state index < -0.39 is 5.97 Å². The summed E-state index contributed by atoms with van der Waals surface area (Å²) in [6.45, 7) is 3.44. The lowest BCUT2D eigenvalue weighted by Gasteiger charge is -2.07. The van der Waals surface area contributed by atoms with E-state index in [-0.39, 0.29) is 5.56 Å². The Morgan fingerprint density at radius 1 is 1.42 bits per heavy atom. The Kier molecular flexibility index (Phi) is 3.84. The van der Waals surface area contributed by atoms with Crippen molar-refractivity contribution in [2.75, 3.05) is 0 Å². The molecule has 100 valence electrons. The van der Waals surface area contributed by atoms with E-state index in [1.54, 1.807) is 24.7 Å². The summed E-state index contributed by atoms with van der Waals surface area (Å²) in [6, 6.07) is 0. The molecule has 0 radical (unpaired) electrons. The number of thioether (sulfide) groups is 1. The summed E-state index contributed by atoms with van der Waals surface area (Å²) >= 11 is 1.38. The van der Waals surface area contributed by atoms with Crippen molar-refractivity contribution in [1.82, 2.24) is 19.7 Å². The SMILES string of the molecule is Cc1nc(C)c(C(=O)O)c(SCc2cnn(C)c2)n1. The lowest BCUT2D eigenvalue weighted by Crippen LogP contribution is -2.08. The normalized spacial score (nSPS) is 10.7. The van der Waals surface area contributed by atoms with E-state index in [0.717, 1.165) is 5.56 Å². The molecule has 6 nitrogen and oxygen atoms in total. The van der Waals surface area contributed by atoms with Gasteiger partial charge in [0.25, 0.3) is 0 Å². The molecular formula is C12H14N4O2S. The van der Waals surface area contributed by atoms with Gasteiger partial charge in [-0.3, -0.25) is 4.68 Å². The van der Waals surface area contributed by atoms with Gasteiger partial charge < -0.3 is 5.11 Å². The number of nitrogens with zero attached hydrogens (tertiary/aromatic N) is 4. The molecule has 0 atom stereocenters. The predicted octanol–water partition coefficient (Wildman–Crippen LogP) is 1.82. The minimum absolute atomic E-state index is 0.180. The van der Waals surface area contributed by atoms with Crippen LogP contribution in [0.4, 0.5) is 0 Å². The standard InChI is InChI=1S/C12H14N4O2S/c1-7-10(12(17)18)11(15-8(2)14-7)19-6-9-4-13-16(3)5-9/h4-5H,6H2,1-3H3,(H,17,18). The Morgan fingerprint density at radius 2 is 2.16 bits per heavy atom. The van der Waals surface area contributed by atoms with Crippen molar-refractivity contribution >= 4 is 17.7 Å². The molecule has 0 bridgehead atoms. The fraction of sp³-hybridized carbons (Fsp3) is 0.333. The second-order valence-electron chi connectivity index (χ2n) is 4.15. The van der Waals surface area contributed by atoms with E-state index in [9.17, 15) is 9.90 Å². The summed E-state index contributed by atoms with van der Waals surface area (Å²) in [5.41, 5.74) is 1.70. The van der Waals surface area contributed by atoms with Gasteiger partial charge in [0, 0.05) is 24.6 Å². The number of aromatic carboxylic acids is 1. The molecule has 2 aromatic rings. The van der Waals surface area contributed by atoms with Gasteiger partial charge in [-0.15, -0.1) is 11.8 Å². The molecule has 0 aliphatic carbocycles. The number of aryl methyl sites for hydroxylation is 3. The van der Waals surface area contributed by atoms with Crippen molar-refractivity contribution in [3.8, 4) is 0 Å². The number of hydrogen-bond acceptors (Lipinski definition) is 5. The monoisotopic (exact) mass is 278 g/mol. The summed E-state index contributed by atoms with van der Waals surface area (Å²) in [4.78, 5) is 19.6. The van der Waals surface area contributed by atoms with Crippen LogP contribution in [0, 0.1) is 13.8 Å². The number of carboxylic acid groups (broad SMARTS) is 1. The molecule has 19 heavy (non-hydrogen) atoms. The molecule has 0 aliphatic rings. The highest BCUT2D eigenvalue weighted by Crippen LogP contribution is 2.25. The minimum Gasteiger partial charge on any atom is -0.478 e. The van der Waals surface area contributed by atoms with Crippen LogP contribution in [0.25, 0.3) is 0 Å². The Morgan fingerprint density at radius 3 is 2.74 bits per heavy atom. The lowest BCUT2D eigenvalue weighted by molar-refractivity contribution is 0.0690. The van der Waals surface area contributed by atoms with Crippen molar-refractivity contribution in [2.45, 2.75) is 24.6 Å². The van der Waals surface area contributed by atoms with Crippen LogP contribution in [0.15, 0.2) is 17.4 Å². The summed E-state index contributed by atoms with van der Waals surface area (Å²) in [5.74, 6) is 0.215. The largest absolute Gasteiger partial charge is 0.478 e. The van der Waals surface area contributed by atoms with E-state index in [1.165, 1.54) is 11.8 Å². The van der Waals surface area contributed by atoms with E-state index in [4.69, 9.17) is 0 Å². The van der Waals surface area contributed by atoms with Crippen LogP contribution in [-0.2, 0) is 12.8 Å². The van der Waals surface area contributed by atoms with Crippen molar-refractivity contribution < 1.29 is 9.90 Å². The molecular weight excluding hydrogens is 264 g/mol. The highest BCUT2D eigenvalue weighted by atomic mass is 32.2. The van der Waals surface area contributed by atoms with Crippen LogP contribution >= 0.6 is 11.8 Å². The maximum absolute atomic E-state index is 11.3.